The molecule has 2 aliphatic heterocycles. The Hall–Kier alpha value is -14.4. The van der Waals surface area contributed by atoms with Crippen LogP contribution in [-0.2, 0) is 27.1 Å². The van der Waals surface area contributed by atoms with E-state index in [-0.39, 0.29) is 55.6 Å². The zero-order chi connectivity index (χ0) is 95.2. The fourth-order valence-electron chi connectivity index (χ4n) is 20.8. The molecule has 129 heavy (non-hydrogen) atoms. The molecule has 0 aliphatic carbocycles. The highest BCUT2D eigenvalue weighted by molar-refractivity contribution is 7.00. The van der Waals surface area contributed by atoms with Gasteiger partial charge < -0.3 is 27.9 Å². The Kier molecular flexibility index (Phi) is 15.9. The topological polar surface area (TPSA) is 34.4 Å². The SMILES string of the molecule is [2H]c1c([2H])c([2H])c2c(c1[2H])c1c([2H])c([2H])c([2H])c([2H])c1n2-c1ccc2c(c1)N(c1c(-c3ccccc3)cccc1C(C)(C)C)c1cc(-c3c(-c4cccc5c4oc4ccccc45)cccc3-n3c4ccc(C(C)(C)C)cc4c4cc(C(C)(C)C)ccc43)cc3c1B2c1ccc(-n2c4ccc(C(C)(C)C)cc4c4cc(C(C)(C)C)ccc42)cc1N3c1cc(-c2ccccc2)cc(-c2ccccc2)c1. The third kappa shape index (κ3) is 12.8. The lowest BCUT2D eigenvalue weighted by Crippen LogP contribution is -2.61. The van der Waals surface area contributed by atoms with Crippen molar-refractivity contribution in [1.82, 2.24) is 13.7 Å². The lowest BCUT2D eigenvalue weighted by molar-refractivity contribution is 0.590. The van der Waals surface area contributed by atoms with E-state index in [4.69, 9.17) is 4.42 Å². The molecule has 6 heterocycles. The Morgan fingerprint density at radius 3 is 1.20 bits per heavy atom. The molecule has 17 aromatic carbocycles. The number of hydrogen-bond acceptors (Lipinski definition) is 3. The highest BCUT2D eigenvalue weighted by Crippen LogP contribution is 2.56. The fraction of sp³-hybridized carbons (Fsp3) is 0.164. The Labute approximate surface area is 767 Å². The predicted molar refractivity (Wildman–Crippen MR) is 551 cm³/mol. The Bertz CT molecular complexity index is 8450. The van der Waals surface area contributed by atoms with E-state index >= 15 is 0 Å². The van der Waals surface area contributed by atoms with Crippen molar-refractivity contribution in [1.29, 1.82) is 0 Å². The minimum atomic E-state index is -0.609. The van der Waals surface area contributed by atoms with Crippen molar-refractivity contribution in [2.75, 3.05) is 9.80 Å². The summed E-state index contributed by atoms with van der Waals surface area (Å²) in [4.78, 5) is 5.07. The van der Waals surface area contributed by atoms with E-state index in [1.807, 2.05) is 12.1 Å². The lowest BCUT2D eigenvalue weighted by atomic mass is 9.33. The summed E-state index contributed by atoms with van der Waals surface area (Å²) >= 11 is 0. The predicted octanol–water partition coefficient (Wildman–Crippen LogP) is 31.8. The molecule has 0 radical (unpaired) electrons. The van der Waals surface area contributed by atoms with Crippen molar-refractivity contribution in [2.45, 2.75) is 131 Å². The summed E-state index contributed by atoms with van der Waals surface area (Å²) in [7, 11) is 0. The lowest BCUT2D eigenvalue weighted by Gasteiger charge is -2.46. The number of rotatable bonds is 10. The van der Waals surface area contributed by atoms with Crippen LogP contribution in [0.1, 0.15) is 143 Å². The summed E-state index contributed by atoms with van der Waals surface area (Å²) in [5.74, 6) is 0. The zero-order valence-corrected chi connectivity index (χ0v) is 75.7. The molecule has 7 heteroatoms. The normalized spacial score (nSPS) is 14.1. The molecule has 0 atom stereocenters. The van der Waals surface area contributed by atoms with Crippen LogP contribution in [0.5, 0.6) is 0 Å². The highest BCUT2D eigenvalue weighted by atomic mass is 16.3. The van der Waals surface area contributed by atoms with Gasteiger partial charge in [-0.05, 0) is 238 Å². The van der Waals surface area contributed by atoms with E-state index in [9.17, 15) is 11.0 Å². The Morgan fingerprint density at radius 2 is 0.690 bits per heavy atom. The summed E-state index contributed by atoms with van der Waals surface area (Å²) in [5.41, 5.74) is 30.5. The Balaban J connectivity index is 0.942. The smallest absolute Gasteiger partial charge is 0.252 e. The van der Waals surface area contributed by atoms with Crippen molar-refractivity contribution in [3.8, 4) is 72.7 Å². The van der Waals surface area contributed by atoms with E-state index in [1.165, 1.54) is 22.3 Å². The van der Waals surface area contributed by atoms with Gasteiger partial charge in [-0.2, -0.15) is 0 Å². The second-order valence-electron chi connectivity index (χ2n) is 40.7. The van der Waals surface area contributed by atoms with Crippen molar-refractivity contribution < 1.29 is 15.4 Å². The van der Waals surface area contributed by atoms with Gasteiger partial charge in [-0.25, -0.2) is 0 Å². The molecule has 0 unspecified atom stereocenters. The molecule has 21 aromatic rings. The summed E-state index contributed by atoms with van der Waals surface area (Å²) in [6, 6.07) is 111. The molecule has 626 valence electrons. The average Bonchev–Trinajstić information content (AvgIpc) is 1.44. The number of para-hydroxylation sites is 5. The number of aromatic nitrogens is 3. The average molecular weight is 1680 g/mol. The Morgan fingerprint density at radius 1 is 0.264 bits per heavy atom. The molecule has 0 spiro atoms. The monoisotopic (exact) mass is 1670 g/mol. The molecule has 0 saturated carbocycles. The minimum absolute atomic E-state index is 0.00612. The number of anilines is 6. The third-order valence-corrected chi connectivity index (χ3v) is 27.4. The van der Waals surface area contributed by atoms with Gasteiger partial charge in [0.05, 0.1) is 55.4 Å². The maximum absolute atomic E-state index is 10.1. The number of hydrogen-bond donors (Lipinski definition) is 0. The first kappa shape index (κ1) is 70.7. The maximum Gasteiger partial charge on any atom is 0.252 e. The van der Waals surface area contributed by atoms with Crippen LogP contribution < -0.4 is 26.2 Å². The summed E-state index contributed by atoms with van der Waals surface area (Å²) in [6.45, 7) is 33.7. The van der Waals surface area contributed by atoms with Crippen LogP contribution in [0, 0.1) is 0 Å². The van der Waals surface area contributed by atoms with Gasteiger partial charge in [0.25, 0.3) is 6.71 Å². The number of fused-ring (bicyclic) bond motifs is 16. The third-order valence-electron chi connectivity index (χ3n) is 27.4. The molecular weight excluding hydrogens is 1560 g/mol. The fourth-order valence-corrected chi connectivity index (χ4v) is 20.8. The van der Waals surface area contributed by atoms with Gasteiger partial charge in [0.1, 0.15) is 11.2 Å². The van der Waals surface area contributed by atoms with Crippen LogP contribution in [0.25, 0.3) is 160 Å². The first-order valence-electron chi connectivity index (χ1n) is 49.2. The van der Waals surface area contributed by atoms with Crippen molar-refractivity contribution >= 4 is 145 Å². The summed E-state index contributed by atoms with van der Waals surface area (Å²) in [6.07, 6.45) is 0. The van der Waals surface area contributed by atoms with Crippen LogP contribution in [0.2, 0.25) is 0 Å². The molecule has 0 bridgehead atoms. The largest absolute Gasteiger partial charge is 0.455 e. The molecule has 6 nitrogen and oxygen atoms in total. The quantitative estimate of drug-likeness (QED) is 0.128. The van der Waals surface area contributed by atoms with Gasteiger partial charge in [0.15, 0.2) is 0 Å². The summed E-state index contributed by atoms with van der Waals surface area (Å²) < 4.78 is 91.6. The van der Waals surface area contributed by atoms with E-state index in [0.717, 1.165) is 189 Å². The molecule has 0 amide bonds. The van der Waals surface area contributed by atoms with Gasteiger partial charge in [0, 0.05) is 99.6 Å². The van der Waals surface area contributed by atoms with E-state index in [0.29, 0.717) is 5.69 Å². The van der Waals surface area contributed by atoms with Crippen LogP contribution in [0.4, 0.5) is 34.1 Å². The van der Waals surface area contributed by atoms with Crippen molar-refractivity contribution in [2.24, 2.45) is 0 Å². The van der Waals surface area contributed by atoms with Gasteiger partial charge in [-0.15, -0.1) is 0 Å². The van der Waals surface area contributed by atoms with E-state index in [2.05, 4.69) is 420 Å². The van der Waals surface area contributed by atoms with Gasteiger partial charge in [0.2, 0.25) is 0 Å². The molecule has 4 aromatic heterocycles. The molecule has 0 N–H and O–H groups in total. The maximum atomic E-state index is 10.1. The molecular formula is C122H104BN5O. The van der Waals surface area contributed by atoms with Crippen LogP contribution >= 0.6 is 0 Å². The molecule has 23 rings (SSSR count). The number of benzene rings is 17. The molecule has 0 saturated heterocycles. The standard InChI is InChI=1S/C122H104BN5O/c1-118(2,3)81-52-60-104-95(69-81)96-70-82(119(4,5)6)53-61-105(96)125(104)85-56-58-100-109(73-85)126(87-65-78(75-34-19-16-20-35-75)64-79(66-87)76-36-21-17-22-37-76)111-67-80(114-92(94-46-31-45-93-91-42-27-30-51-113(91)129-117(93)94)44-33-50-108(114)127-106-62-54-83(120(7,8)9)71-97(106)98-72-84(121(10,11)12)55-63-107(98)127)68-112-115(111)123(100)101-59-57-86(124-102-48-28-25-40-89(102)90-41-26-29-49-103(90)124)74-110(101)128(112)116-88(77-38-23-18-24-39-77)43-32-47-99(116)122(13,14)15/h16-74H,1-15H3/i25D,26D,28D,29D,40D,41D,48D,49D. The zero-order valence-electron chi connectivity index (χ0n) is 83.7. The van der Waals surface area contributed by atoms with Gasteiger partial charge in [-0.1, -0.05) is 334 Å². The van der Waals surface area contributed by atoms with Crippen molar-refractivity contribution in [3.63, 3.8) is 0 Å². The van der Waals surface area contributed by atoms with Crippen LogP contribution in [-0.4, -0.2) is 20.4 Å². The first-order valence-corrected chi connectivity index (χ1v) is 45.2. The van der Waals surface area contributed by atoms with E-state index < -0.39 is 48.4 Å². The first-order chi connectivity index (χ1) is 65.5. The summed E-state index contributed by atoms with van der Waals surface area (Å²) in [5, 5.41) is 6.57. The highest BCUT2D eigenvalue weighted by Gasteiger charge is 2.46. The number of furan rings is 1. The second-order valence-corrected chi connectivity index (χ2v) is 40.7. The number of nitrogens with zero attached hydrogens (tertiary/aromatic N) is 5. The molecule has 0 fully saturated rings. The van der Waals surface area contributed by atoms with E-state index in [1.54, 1.807) is 4.57 Å². The second kappa shape index (κ2) is 29.1. The van der Waals surface area contributed by atoms with Crippen molar-refractivity contribution in [3.05, 3.63) is 386 Å². The molecule has 2 aliphatic rings. The van der Waals surface area contributed by atoms with Crippen LogP contribution in [0.15, 0.2) is 362 Å². The van der Waals surface area contributed by atoms with Gasteiger partial charge >= 0.3 is 0 Å². The van der Waals surface area contributed by atoms with Crippen LogP contribution in [0.3, 0.4) is 0 Å². The minimum Gasteiger partial charge on any atom is -0.455 e. The van der Waals surface area contributed by atoms with Gasteiger partial charge in [-0.3, -0.25) is 0 Å².